The van der Waals surface area contributed by atoms with Crippen LogP contribution in [0.5, 0.6) is 0 Å². The molecule has 0 aromatic carbocycles. The van der Waals surface area contributed by atoms with Gasteiger partial charge >= 0.3 is 5.97 Å². The van der Waals surface area contributed by atoms with E-state index in [9.17, 15) is 4.79 Å². The van der Waals surface area contributed by atoms with E-state index in [1.54, 1.807) is 7.05 Å². The quantitative estimate of drug-likeness (QED) is 0.654. The van der Waals surface area contributed by atoms with Crippen molar-refractivity contribution in [3.63, 3.8) is 0 Å². The smallest absolute Gasteiger partial charge is 0.320 e. The van der Waals surface area contributed by atoms with Crippen molar-refractivity contribution in [1.29, 1.82) is 0 Å². The average molecular weight is 168 g/mol. The summed E-state index contributed by atoms with van der Waals surface area (Å²) in [6, 6.07) is -0.366. The summed E-state index contributed by atoms with van der Waals surface area (Å²) in [4.78, 5) is 10.3. The third kappa shape index (κ3) is 4.58. The number of hydrogen-bond acceptors (Lipinski definition) is 2. The van der Waals surface area contributed by atoms with Gasteiger partial charge in [-0.1, -0.05) is 13.3 Å². The molecular weight excluding hydrogens is 154 g/mol. The van der Waals surface area contributed by atoms with Crippen LogP contribution in [0, 0.1) is 0 Å². The van der Waals surface area contributed by atoms with E-state index < -0.39 is 5.97 Å². The molecule has 10 heavy (non-hydrogen) atoms. The molecule has 0 rings (SSSR count). The third-order valence-corrected chi connectivity index (χ3v) is 1.22. The molecule has 0 spiro atoms. The highest BCUT2D eigenvalue weighted by molar-refractivity contribution is 5.85. The Morgan fingerprint density at radius 3 is 2.30 bits per heavy atom. The van der Waals surface area contributed by atoms with Gasteiger partial charge in [0.1, 0.15) is 6.04 Å². The lowest BCUT2D eigenvalue weighted by Gasteiger charge is -2.07. The zero-order valence-electron chi connectivity index (χ0n) is 6.26. The van der Waals surface area contributed by atoms with Gasteiger partial charge in [-0.2, -0.15) is 0 Å². The van der Waals surface area contributed by atoms with Gasteiger partial charge in [-0.05, 0) is 13.5 Å². The first kappa shape index (κ1) is 12.4. The average Bonchev–Trinajstić information content (AvgIpc) is 1.82. The summed E-state index contributed by atoms with van der Waals surface area (Å²) in [5.74, 6) is -0.764. The Bertz CT molecular complexity index is 97.7. The highest BCUT2D eigenvalue weighted by Crippen LogP contribution is 1.94. The van der Waals surface area contributed by atoms with E-state index in [-0.39, 0.29) is 18.4 Å². The van der Waals surface area contributed by atoms with Gasteiger partial charge in [0.25, 0.3) is 0 Å². The maximum Gasteiger partial charge on any atom is 0.320 e. The summed E-state index contributed by atoms with van der Waals surface area (Å²) in [7, 11) is 1.66. The van der Waals surface area contributed by atoms with Crippen LogP contribution in [0.4, 0.5) is 0 Å². The molecule has 4 heteroatoms. The number of hydrogen-bond donors (Lipinski definition) is 2. The summed E-state index contributed by atoms with van der Waals surface area (Å²) in [5, 5.41) is 11.1. The molecule has 0 aromatic rings. The summed E-state index contributed by atoms with van der Waals surface area (Å²) in [5.41, 5.74) is 0. The van der Waals surface area contributed by atoms with Gasteiger partial charge in [0.15, 0.2) is 0 Å². The zero-order chi connectivity index (χ0) is 7.28. The van der Waals surface area contributed by atoms with Gasteiger partial charge in [0.05, 0.1) is 0 Å². The zero-order valence-corrected chi connectivity index (χ0v) is 7.07. The fourth-order valence-electron chi connectivity index (χ4n) is 0.680. The van der Waals surface area contributed by atoms with Crippen molar-refractivity contribution >= 4 is 18.4 Å². The Morgan fingerprint density at radius 2 is 2.20 bits per heavy atom. The number of carbonyl (C=O) groups is 1. The van der Waals surface area contributed by atoms with Crippen molar-refractivity contribution in [1.82, 2.24) is 5.32 Å². The summed E-state index contributed by atoms with van der Waals surface area (Å²) in [6.07, 6.45) is 1.60. The lowest BCUT2D eigenvalue weighted by atomic mass is 10.2. The molecule has 0 aliphatic carbocycles. The largest absolute Gasteiger partial charge is 0.480 e. The Morgan fingerprint density at radius 1 is 1.70 bits per heavy atom. The van der Waals surface area contributed by atoms with Crippen LogP contribution in [0.25, 0.3) is 0 Å². The maximum atomic E-state index is 10.3. The molecule has 0 heterocycles. The number of nitrogens with one attached hydrogen (secondary N) is 1. The number of carboxylic acid groups (broad SMARTS) is 1. The lowest BCUT2D eigenvalue weighted by molar-refractivity contribution is -0.139. The molecule has 0 aromatic heterocycles. The number of halogens is 1. The van der Waals surface area contributed by atoms with E-state index in [0.29, 0.717) is 6.42 Å². The number of likely N-dealkylation sites (N-methyl/N-ethyl adjacent to an activating group) is 1. The Kier molecular flexibility index (Phi) is 8.48. The minimum absolute atomic E-state index is 0. The highest BCUT2D eigenvalue weighted by Gasteiger charge is 2.11. The number of aliphatic carboxylic acids is 1. The lowest BCUT2D eigenvalue weighted by Crippen LogP contribution is -2.33. The molecular formula is C6H14ClNO2. The second-order valence-electron chi connectivity index (χ2n) is 1.97. The van der Waals surface area contributed by atoms with Crippen molar-refractivity contribution in [3.05, 3.63) is 0 Å². The molecule has 2 N–H and O–H groups in total. The van der Waals surface area contributed by atoms with Crippen molar-refractivity contribution in [2.24, 2.45) is 0 Å². The highest BCUT2D eigenvalue weighted by atomic mass is 35.5. The first-order valence-electron chi connectivity index (χ1n) is 3.12. The normalized spacial score (nSPS) is 11.8. The van der Waals surface area contributed by atoms with Crippen LogP contribution < -0.4 is 5.32 Å². The molecule has 0 bridgehead atoms. The minimum Gasteiger partial charge on any atom is -0.480 e. The van der Waals surface area contributed by atoms with E-state index in [4.69, 9.17) is 5.11 Å². The van der Waals surface area contributed by atoms with Crippen LogP contribution in [-0.2, 0) is 4.79 Å². The molecule has 0 saturated carbocycles. The Labute approximate surface area is 67.2 Å². The predicted molar refractivity (Wildman–Crippen MR) is 42.6 cm³/mol. The summed E-state index contributed by atoms with van der Waals surface area (Å²) >= 11 is 0. The molecule has 0 amide bonds. The minimum atomic E-state index is -0.764. The van der Waals surface area contributed by atoms with Gasteiger partial charge in [-0.15, -0.1) is 12.4 Å². The molecule has 0 aliphatic heterocycles. The fraction of sp³-hybridized carbons (Fsp3) is 0.833. The third-order valence-electron chi connectivity index (χ3n) is 1.22. The van der Waals surface area contributed by atoms with Crippen molar-refractivity contribution in [3.8, 4) is 0 Å². The molecule has 0 saturated heterocycles. The first-order chi connectivity index (χ1) is 4.22. The number of rotatable bonds is 4. The SMILES string of the molecule is CCC[C@@H](NC)C(=O)O.Cl. The van der Waals surface area contributed by atoms with Crippen LogP contribution in [0.15, 0.2) is 0 Å². The van der Waals surface area contributed by atoms with Crippen LogP contribution in [0.1, 0.15) is 19.8 Å². The van der Waals surface area contributed by atoms with E-state index in [2.05, 4.69) is 5.32 Å². The van der Waals surface area contributed by atoms with Crippen LogP contribution >= 0.6 is 12.4 Å². The maximum absolute atomic E-state index is 10.3. The topological polar surface area (TPSA) is 49.3 Å². The van der Waals surface area contributed by atoms with Gasteiger partial charge in [0.2, 0.25) is 0 Å². The van der Waals surface area contributed by atoms with Crippen LogP contribution in [0.2, 0.25) is 0 Å². The first-order valence-corrected chi connectivity index (χ1v) is 3.12. The predicted octanol–water partition coefficient (Wildman–Crippen LogP) is 0.881. The van der Waals surface area contributed by atoms with Crippen LogP contribution in [0.3, 0.4) is 0 Å². The molecule has 0 aliphatic rings. The van der Waals surface area contributed by atoms with E-state index in [1.165, 1.54) is 0 Å². The monoisotopic (exact) mass is 167 g/mol. The molecule has 1 atom stereocenters. The Balaban J connectivity index is 0. The molecule has 0 unspecified atom stereocenters. The van der Waals surface area contributed by atoms with Crippen molar-refractivity contribution in [2.75, 3.05) is 7.05 Å². The standard InChI is InChI=1S/C6H13NO2.ClH/c1-3-4-5(7-2)6(8)9;/h5,7H,3-4H2,1-2H3,(H,8,9);1H/t5-;/m1./s1. The second-order valence-corrected chi connectivity index (χ2v) is 1.97. The van der Waals surface area contributed by atoms with E-state index >= 15 is 0 Å². The fourth-order valence-corrected chi connectivity index (χ4v) is 0.680. The molecule has 3 nitrogen and oxygen atoms in total. The van der Waals surface area contributed by atoms with Gasteiger partial charge in [0, 0.05) is 0 Å². The van der Waals surface area contributed by atoms with Gasteiger partial charge in [-0.3, -0.25) is 4.79 Å². The molecule has 0 fully saturated rings. The molecule has 62 valence electrons. The van der Waals surface area contributed by atoms with Crippen LogP contribution in [-0.4, -0.2) is 24.2 Å². The van der Waals surface area contributed by atoms with Crippen molar-refractivity contribution in [2.45, 2.75) is 25.8 Å². The summed E-state index contributed by atoms with van der Waals surface area (Å²) < 4.78 is 0. The van der Waals surface area contributed by atoms with E-state index in [0.717, 1.165) is 6.42 Å². The van der Waals surface area contributed by atoms with Gasteiger partial charge in [-0.25, -0.2) is 0 Å². The summed E-state index contributed by atoms with van der Waals surface area (Å²) in [6.45, 7) is 1.97. The molecule has 0 radical (unpaired) electrons. The van der Waals surface area contributed by atoms with Crippen molar-refractivity contribution < 1.29 is 9.90 Å². The van der Waals surface area contributed by atoms with Gasteiger partial charge < -0.3 is 10.4 Å². The Hall–Kier alpha value is -0.280. The van der Waals surface area contributed by atoms with E-state index in [1.807, 2.05) is 6.92 Å². The number of carboxylic acids is 1. The second kappa shape index (κ2) is 6.83.